The van der Waals surface area contributed by atoms with Crippen LogP contribution in [-0.4, -0.2) is 18.9 Å². The summed E-state index contributed by atoms with van der Waals surface area (Å²) in [5.74, 6) is 0. The van der Waals surface area contributed by atoms with Gasteiger partial charge in [0.1, 0.15) is 4.90 Å². The Morgan fingerprint density at radius 2 is 2.00 bits per heavy atom. The second-order valence-corrected chi connectivity index (χ2v) is 7.17. The van der Waals surface area contributed by atoms with Crippen LogP contribution >= 0.6 is 11.6 Å². The topological polar surface area (TPSA) is 89.3 Å². The van der Waals surface area contributed by atoms with Crippen molar-refractivity contribution in [2.75, 3.05) is 0 Å². The molecule has 0 aliphatic rings. The summed E-state index contributed by atoms with van der Waals surface area (Å²) in [6, 6.07) is 3.34. The number of hydrogen-bond donors (Lipinski definition) is 1. The van der Waals surface area contributed by atoms with Gasteiger partial charge in [-0.25, -0.2) is 13.1 Å². The van der Waals surface area contributed by atoms with Crippen LogP contribution in [0.3, 0.4) is 0 Å². The Labute approximate surface area is 123 Å². The standard InChI is InChI=1S/C12H17ClN2O4S/c1-4-7-12(2,3)14-20(18,19)11-8-9(15(16)17)5-6-10(11)13/h5-6,8,14H,4,7H2,1-3H3. The Kier molecular flexibility index (Phi) is 5.12. The molecule has 0 aliphatic heterocycles. The van der Waals surface area contributed by atoms with E-state index in [1.807, 2.05) is 6.92 Å². The first-order chi connectivity index (χ1) is 9.09. The van der Waals surface area contributed by atoms with E-state index in [0.29, 0.717) is 6.42 Å². The summed E-state index contributed by atoms with van der Waals surface area (Å²) in [5.41, 5.74) is -0.968. The number of rotatable bonds is 6. The van der Waals surface area contributed by atoms with Gasteiger partial charge >= 0.3 is 0 Å². The van der Waals surface area contributed by atoms with Crippen LogP contribution in [0.2, 0.25) is 5.02 Å². The second-order valence-electron chi connectivity index (χ2n) is 5.11. The molecule has 0 radical (unpaired) electrons. The van der Waals surface area contributed by atoms with Crippen LogP contribution in [0, 0.1) is 10.1 Å². The monoisotopic (exact) mass is 320 g/mol. The predicted octanol–water partition coefficient (Wildman–Crippen LogP) is 3.11. The lowest BCUT2D eigenvalue weighted by molar-refractivity contribution is -0.385. The van der Waals surface area contributed by atoms with Crippen molar-refractivity contribution in [3.8, 4) is 0 Å². The molecule has 0 spiro atoms. The lowest BCUT2D eigenvalue weighted by Gasteiger charge is -2.25. The molecule has 1 aromatic rings. The van der Waals surface area contributed by atoms with Crippen molar-refractivity contribution in [1.82, 2.24) is 4.72 Å². The lowest BCUT2D eigenvalue weighted by atomic mass is 10.0. The zero-order valence-corrected chi connectivity index (χ0v) is 13.1. The largest absolute Gasteiger partial charge is 0.270 e. The minimum Gasteiger partial charge on any atom is -0.258 e. The number of hydrogen-bond acceptors (Lipinski definition) is 4. The zero-order chi connectivity index (χ0) is 15.6. The fourth-order valence-electron chi connectivity index (χ4n) is 1.91. The molecule has 0 amide bonds. The molecule has 0 fully saturated rings. The van der Waals surface area contributed by atoms with E-state index in [-0.39, 0.29) is 15.6 Å². The Morgan fingerprint density at radius 3 is 2.50 bits per heavy atom. The van der Waals surface area contributed by atoms with Gasteiger partial charge in [0.25, 0.3) is 5.69 Å². The van der Waals surface area contributed by atoms with Gasteiger partial charge in [0.2, 0.25) is 10.0 Å². The highest BCUT2D eigenvalue weighted by Crippen LogP contribution is 2.27. The third kappa shape index (κ3) is 4.16. The Morgan fingerprint density at radius 1 is 1.40 bits per heavy atom. The van der Waals surface area contributed by atoms with E-state index < -0.39 is 20.5 Å². The molecular weight excluding hydrogens is 304 g/mol. The van der Waals surface area contributed by atoms with Crippen LogP contribution in [0.1, 0.15) is 33.6 Å². The summed E-state index contributed by atoms with van der Waals surface area (Å²) in [6.07, 6.45) is 1.44. The molecule has 0 bridgehead atoms. The normalized spacial score (nSPS) is 12.4. The summed E-state index contributed by atoms with van der Waals surface area (Å²) < 4.78 is 27.1. The molecule has 1 rings (SSSR count). The maximum atomic E-state index is 12.3. The fraction of sp³-hybridized carbons (Fsp3) is 0.500. The van der Waals surface area contributed by atoms with Crippen molar-refractivity contribution < 1.29 is 13.3 Å². The van der Waals surface area contributed by atoms with Gasteiger partial charge in [-0.1, -0.05) is 24.9 Å². The molecule has 112 valence electrons. The molecule has 0 unspecified atom stereocenters. The Hall–Kier alpha value is -1.18. The van der Waals surface area contributed by atoms with Crippen molar-refractivity contribution in [3.05, 3.63) is 33.3 Å². The number of nitrogens with one attached hydrogen (secondary N) is 1. The number of sulfonamides is 1. The minimum absolute atomic E-state index is 0.0459. The molecule has 20 heavy (non-hydrogen) atoms. The van der Waals surface area contributed by atoms with Crippen molar-refractivity contribution in [2.45, 2.75) is 44.0 Å². The van der Waals surface area contributed by atoms with Gasteiger partial charge in [-0.05, 0) is 26.3 Å². The van der Waals surface area contributed by atoms with Crippen LogP contribution < -0.4 is 4.72 Å². The van der Waals surface area contributed by atoms with Gasteiger partial charge in [-0.15, -0.1) is 0 Å². The summed E-state index contributed by atoms with van der Waals surface area (Å²) in [4.78, 5) is 9.79. The average Bonchev–Trinajstić information content (AvgIpc) is 2.26. The average molecular weight is 321 g/mol. The van der Waals surface area contributed by atoms with Gasteiger partial charge in [-0.3, -0.25) is 10.1 Å². The highest BCUT2D eigenvalue weighted by molar-refractivity contribution is 7.89. The fourth-order valence-corrected chi connectivity index (χ4v) is 3.87. The highest BCUT2D eigenvalue weighted by atomic mass is 35.5. The first-order valence-corrected chi connectivity index (χ1v) is 7.93. The van der Waals surface area contributed by atoms with Crippen LogP contribution in [0.4, 0.5) is 5.69 Å². The smallest absolute Gasteiger partial charge is 0.258 e. The lowest BCUT2D eigenvalue weighted by Crippen LogP contribution is -2.43. The molecule has 0 saturated carbocycles. The minimum atomic E-state index is -3.91. The molecule has 6 nitrogen and oxygen atoms in total. The number of benzene rings is 1. The van der Waals surface area contributed by atoms with Crippen molar-refractivity contribution in [1.29, 1.82) is 0 Å². The van der Waals surface area contributed by atoms with E-state index in [1.165, 1.54) is 12.1 Å². The summed E-state index contributed by atoms with van der Waals surface area (Å²) >= 11 is 5.85. The van der Waals surface area contributed by atoms with E-state index in [1.54, 1.807) is 13.8 Å². The molecule has 0 atom stereocenters. The summed E-state index contributed by atoms with van der Waals surface area (Å²) in [6.45, 7) is 5.44. The zero-order valence-electron chi connectivity index (χ0n) is 11.5. The second kappa shape index (κ2) is 6.07. The first kappa shape index (κ1) is 16.9. The van der Waals surface area contributed by atoms with E-state index in [2.05, 4.69) is 4.72 Å². The van der Waals surface area contributed by atoms with Crippen LogP contribution in [-0.2, 0) is 10.0 Å². The SMILES string of the molecule is CCCC(C)(C)NS(=O)(=O)c1cc([N+](=O)[O-])ccc1Cl. The number of nitro groups is 1. The third-order valence-electron chi connectivity index (χ3n) is 2.70. The van der Waals surface area contributed by atoms with Crippen molar-refractivity contribution >= 4 is 27.3 Å². The van der Waals surface area contributed by atoms with Gasteiger partial charge in [0.05, 0.1) is 9.95 Å². The van der Waals surface area contributed by atoms with Crippen LogP contribution in [0.5, 0.6) is 0 Å². The number of halogens is 1. The quantitative estimate of drug-likeness (QED) is 0.644. The van der Waals surface area contributed by atoms with Gasteiger partial charge in [-0.2, -0.15) is 0 Å². The van der Waals surface area contributed by atoms with Crippen molar-refractivity contribution in [3.63, 3.8) is 0 Å². The maximum Gasteiger partial charge on any atom is 0.270 e. The van der Waals surface area contributed by atoms with E-state index >= 15 is 0 Å². The van der Waals surface area contributed by atoms with Crippen LogP contribution in [0.25, 0.3) is 0 Å². The number of nitro benzene ring substituents is 1. The number of nitrogens with zero attached hydrogens (tertiary/aromatic N) is 1. The summed E-state index contributed by atoms with van der Waals surface area (Å²) in [5, 5.41) is 10.7. The first-order valence-electron chi connectivity index (χ1n) is 6.07. The van der Waals surface area contributed by atoms with Gasteiger partial charge < -0.3 is 0 Å². The van der Waals surface area contributed by atoms with Crippen LogP contribution in [0.15, 0.2) is 23.1 Å². The predicted molar refractivity (Wildman–Crippen MR) is 77.4 cm³/mol. The summed E-state index contributed by atoms with van der Waals surface area (Å²) in [7, 11) is -3.91. The van der Waals surface area contributed by atoms with Crippen molar-refractivity contribution in [2.24, 2.45) is 0 Å². The molecular formula is C12H17ClN2O4S. The van der Waals surface area contributed by atoms with E-state index in [4.69, 9.17) is 11.6 Å². The third-order valence-corrected chi connectivity index (χ3v) is 4.88. The van der Waals surface area contributed by atoms with E-state index in [0.717, 1.165) is 12.5 Å². The molecule has 0 heterocycles. The number of non-ortho nitro benzene ring substituents is 1. The molecule has 0 saturated heterocycles. The molecule has 8 heteroatoms. The van der Waals surface area contributed by atoms with E-state index in [9.17, 15) is 18.5 Å². The molecule has 0 aromatic heterocycles. The van der Waals surface area contributed by atoms with Gasteiger partial charge in [0.15, 0.2) is 0 Å². The Bertz CT molecular complexity index is 614. The molecule has 0 aliphatic carbocycles. The molecule has 1 aromatic carbocycles. The van der Waals surface area contributed by atoms with Gasteiger partial charge in [0, 0.05) is 17.7 Å². The highest BCUT2D eigenvalue weighted by Gasteiger charge is 2.28. The maximum absolute atomic E-state index is 12.3. The Balaban J connectivity index is 3.22. The molecule has 1 N–H and O–H groups in total.